The van der Waals surface area contributed by atoms with Crippen molar-refractivity contribution in [3.05, 3.63) is 0 Å². The number of phosphoric acid groups is 1. The van der Waals surface area contributed by atoms with Crippen LogP contribution >= 0.6 is 7.82 Å². The van der Waals surface area contributed by atoms with Crippen LogP contribution in [-0.4, -0.2) is 74.5 Å². The predicted octanol–water partition coefficient (Wildman–Crippen LogP) is -3.30. The molecule has 0 spiro atoms. The first-order chi connectivity index (χ1) is 2.00. The van der Waals surface area contributed by atoms with Gasteiger partial charge in [-0.3, -0.25) is 0 Å². The molecule has 0 atom stereocenters. The first kappa shape index (κ1) is 22.4. The molecule has 4 nitrogen and oxygen atoms in total. The molecule has 0 heterocycles. The Morgan fingerprint density at radius 3 is 1.12 bits per heavy atom. The Morgan fingerprint density at radius 1 is 1.12 bits per heavy atom. The molecule has 0 saturated carbocycles. The zero-order valence-corrected chi connectivity index (χ0v) is 6.05. The molecule has 0 radical (unpaired) electrons. The standard InChI is InChI=1S/Ba.H3O4P.H4Si.Zr.2H/c;1-5(2,3)4;;;;/h;(H3,1,2,3,4);1H4;;;. The third-order valence-electron chi connectivity index (χ3n) is 0. The second-order valence-corrected chi connectivity index (χ2v) is 1.54. The van der Waals surface area contributed by atoms with Gasteiger partial charge in [0, 0.05) is 26.2 Å². The molecule has 0 aromatic heterocycles. The van der Waals surface area contributed by atoms with Crippen LogP contribution in [0, 0.1) is 0 Å². The third kappa shape index (κ3) is 68.7. The summed E-state index contributed by atoms with van der Waals surface area (Å²) in [6, 6.07) is 0. The van der Waals surface area contributed by atoms with E-state index in [0.717, 1.165) is 0 Å². The van der Waals surface area contributed by atoms with Crippen molar-refractivity contribution in [1.29, 1.82) is 0 Å². The molecule has 0 rings (SSSR count). The fourth-order valence-electron chi connectivity index (χ4n) is 0. The van der Waals surface area contributed by atoms with Gasteiger partial charge in [0.2, 0.25) is 0 Å². The van der Waals surface area contributed by atoms with Gasteiger partial charge in [-0.15, -0.1) is 0 Å². The molecule has 0 bridgehead atoms. The van der Waals surface area contributed by atoms with Crippen molar-refractivity contribution in [2.75, 3.05) is 0 Å². The summed E-state index contributed by atoms with van der Waals surface area (Å²) in [5, 5.41) is 0. The molecule has 3 N–H and O–H groups in total. The van der Waals surface area contributed by atoms with Gasteiger partial charge in [-0.2, -0.15) is 0 Å². The first-order valence-electron chi connectivity index (χ1n) is 0.783. The average molecular weight is 361 g/mol. The van der Waals surface area contributed by atoms with Crippen LogP contribution in [0.5, 0.6) is 0 Å². The van der Waals surface area contributed by atoms with E-state index in [2.05, 4.69) is 0 Å². The van der Waals surface area contributed by atoms with Gasteiger partial charge in [0.15, 0.2) is 0 Å². The maximum atomic E-state index is 8.88. The SMILES string of the molecule is O=P(O)(O)O.[BaH2].[SiH4].[Zr]. The van der Waals surface area contributed by atoms with Gasteiger partial charge in [-0.25, -0.2) is 4.57 Å². The van der Waals surface area contributed by atoms with E-state index in [0.29, 0.717) is 0 Å². The van der Waals surface area contributed by atoms with Gasteiger partial charge in [-0.1, -0.05) is 0 Å². The first-order valence-corrected chi connectivity index (χ1v) is 2.35. The van der Waals surface area contributed by atoms with Gasteiger partial charge >= 0.3 is 56.7 Å². The van der Waals surface area contributed by atoms with Gasteiger partial charge in [0.25, 0.3) is 0 Å². The summed E-state index contributed by atoms with van der Waals surface area (Å²) in [5.74, 6) is 0. The molecule has 0 unspecified atom stereocenters. The molecule has 0 aromatic carbocycles. The van der Waals surface area contributed by atoms with E-state index >= 15 is 0 Å². The zero-order chi connectivity index (χ0) is 4.50. The smallest absolute Gasteiger partial charge is 0 e. The molecule has 0 aliphatic rings. The largest absolute Gasteiger partial charge is 0.0149 e. The average Bonchev–Trinajstić information content (AvgIpc) is 0.722. The molecule has 0 aromatic rings. The van der Waals surface area contributed by atoms with Crippen molar-refractivity contribution in [2.45, 2.75) is 0 Å². The summed E-state index contributed by atoms with van der Waals surface area (Å²) in [7, 11) is -4.64. The second-order valence-electron chi connectivity index (χ2n) is 0.513. The van der Waals surface area contributed by atoms with E-state index in [1.54, 1.807) is 0 Å². The minimum atomic E-state index is -4.64. The fourth-order valence-corrected chi connectivity index (χ4v) is 0. The number of rotatable bonds is 0. The molecule has 8 heteroatoms. The summed E-state index contributed by atoms with van der Waals surface area (Å²) in [6.45, 7) is 0. The van der Waals surface area contributed by atoms with E-state index in [1.165, 1.54) is 0 Å². The Hall–Kier alpha value is 2.78. The Balaban J connectivity index is -0.0000000267. The monoisotopic (exact) mass is 360 g/mol. The molecule has 0 aliphatic carbocycles. The van der Waals surface area contributed by atoms with Crippen molar-refractivity contribution in [3.8, 4) is 0 Å². The van der Waals surface area contributed by atoms with Crippen LogP contribution in [0.25, 0.3) is 0 Å². The Bertz CT molecular complexity index is 62.2. The van der Waals surface area contributed by atoms with Crippen LogP contribution in [0.4, 0.5) is 0 Å². The minimum Gasteiger partial charge on any atom is -0.0149 e. The zero-order valence-electron chi connectivity index (χ0n) is 2.70. The summed E-state index contributed by atoms with van der Waals surface area (Å²) in [5.41, 5.74) is 0. The maximum Gasteiger partial charge on any atom is 0 e. The van der Waals surface area contributed by atoms with Crippen LogP contribution in [0.3, 0.4) is 0 Å². The van der Waals surface area contributed by atoms with Crippen molar-refractivity contribution < 1.29 is 45.4 Å². The van der Waals surface area contributed by atoms with Gasteiger partial charge in [0.1, 0.15) is 0 Å². The van der Waals surface area contributed by atoms with Crippen LogP contribution < -0.4 is 0 Å². The van der Waals surface area contributed by atoms with Crippen LogP contribution in [0.1, 0.15) is 0 Å². The van der Waals surface area contributed by atoms with E-state index in [4.69, 9.17) is 19.2 Å². The molecular formula is H9BaO4PSiZr. The minimum absolute atomic E-state index is 0. The van der Waals surface area contributed by atoms with E-state index in [1.807, 2.05) is 0 Å². The van der Waals surface area contributed by atoms with E-state index in [9.17, 15) is 0 Å². The van der Waals surface area contributed by atoms with E-state index in [-0.39, 0.29) is 86.0 Å². The third-order valence-corrected chi connectivity index (χ3v) is 0. The normalized spacial score (nSPS) is 7.38. The molecule has 0 aliphatic heterocycles. The predicted molar refractivity (Wildman–Crippen MR) is 34.1 cm³/mol. The molecular weight excluding hydrogens is 352 g/mol. The van der Waals surface area contributed by atoms with Gasteiger partial charge in [0.05, 0.1) is 0 Å². The fraction of sp³-hybridized carbons (Fsp3) is 0. The van der Waals surface area contributed by atoms with Crippen LogP contribution in [-0.2, 0) is 30.8 Å². The Morgan fingerprint density at radius 2 is 1.12 bits per heavy atom. The molecule has 48 valence electrons. The van der Waals surface area contributed by atoms with Crippen molar-refractivity contribution in [3.63, 3.8) is 0 Å². The number of hydrogen-bond donors (Lipinski definition) is 3. The summed E-state index contributed by atoms with van der Waals surface area (Å²) in [6.07, 6.45) is 0. The topological polar surface area (TPSA) is 77.8 Å². The van der Waals surface area contributed by atoms with Crippen molar-refractivity contribution in [1.82, 2.24) is 0 Å². The van der Waals surface area contributed by atoms with Crippen molar-refractivity contribution in [2.24, 2.45) is 0 Å². The summed E-state index contributed by atoms with van der Waals surface area (Å²) in [4.78, 5) is 21.6. The molecule has 0 saturated heterocycles. The van der Waals surface area contributed by atoms with Crippen LogP contribution in [0.2, 0.25) is 0 Å². The number of hydrogen-bond acceptors (Lipinski definition) is 1. The Labute approximate surface area is 111 Å². The second kappa shape index (κ2) is 9.78. The van der Waals surface area contributed by atoms with Gasteiger partial charge < -0.3 is 14.7 Å². The maximum absolute atomic E-state index is 8.88. The quantitative estimate of drug-likeness (QED) is 0.312. The van der Waals surface area contributed by atoms with Crippen molar-refractivity contribution >= 4 is 67.7 Å². The molecule has 8 heavy (non-hydrogen) atoms. The molecule has 0 amide bonds. The Kier molecular flexibility index (Phi) is 27.4. The van der Waals surface area contributed by atoms with Crippen LogP contribution in [0.15, 0.2) is 0 Å². The summed E-state index contributed by atoms with van der Waals surface area (Å²) < 4.78 is 8.88. The molecule has 0 fully saturated rings. The van der Waals surface area contributed by atoms with Gasteiger partial charge in [-0.05, 0) is 11.0 Å². The van der Waals surface area contributed by atoms with E-state index < -0.39 is 7.82 Å². The summed E-state index contributed by atoms with van der Waals surface area (Å²) >= 11 is 0.